The Labute approximate surface area is 99.6 Å². The maximum absolute atomic E-state index is 12.1. The van der Waals surface area contributed by atoms with E-state index in [-0.39, 0.29) is 35.9 Å². The van der Waals surface area contributed by atoms with E-state index in [1.54, 1.807) is 0 Å². The van der Waals surface area contributed by atoms with Gasteiger partial charge in [0.15, 0.2) is 0 Å². The fourth-order valence-corrected chi connectivity index (χ4v) is 3.00. The van der Waals surface area contributed by atoms with Gasteiger partial charge < -0.3 is 10.5 Å². The Morgan fingerprint density at radius 3 is 2.24 bits per heavy atom. The van der Waals surface area contributed by atoms with Crippen molar-refractivity contribution in [3.05, 3.63) is 12.2 Å². The second-order valence-corrected chi connectivity index (χ2v) is 4.83. The predicted octanol–water partition coefficient (Wildman–Crippen LogP) is -0.336. The lowest BCUT2D eigenvalue weighted by Gasteiger charge is -2.17. The number of unbranched alkanes of at least 4 members (excludes halogenated alkanes) is 1. The van der Waals surface area contributed by atoms with Gasteiger partial charge in [-0.2, -0.15) is 0 Å². The number of fused-ring (bicyclic) bond motifs is 5. The van der Waals surface area contributed by atoms with Gasteiger partial charge in [0.25, 0.3) is 0 Å². The molecule has 2 saturated heterocycles. The molecule has 0 saturated carbocycles. The first-order valence-corrected chi connectivity index (χ1v) is 6.13. The minimum absolute atomic E-state index is 0.0612. The Bertz CT molecular complexity index is 363. The van der Waals surface area contributed by atoms with Crippen LogP contribution < -0.4 is 5.73 Å². The maximum Gasteiger partial charge on any atom is 0.236 e. The fourth-order valence-electron chi connectivity index (χ4n) is 3.00. The highest BCUT2D eigenvalue weighted by molar-refractivity contribution is 6.06. The number of imide groups is 1. The third kappa shape index (κ3) is 1.46. The van der Waals surface area contributed by atoms with E-state index in [0.29, 0.717) is 13.1 Å². The van der Waals surface area contributed by atoms with Crippen LogP contribution >= 0.6 is 0 Å². The molecule has 3 aliphatic rings. The van der Waals surface area contributed by atoms with E-state index < -0.39 is 0 Å². The zero-order chi connectivity index (χ0) is 12.0. The van der Waals surface area contributed by atoms with Gasteiger partial charge in [-0.15, -0.1) is 0 Å². The van der Waals surface area contributed by atoms with E-state index in [1.807, 2.05) is 12.2 Å². The van der Waals surface area contributed by atoms with E-state index in [0.717, 1.165) is 12.8 Å². The summed E-state index contributed by atoms with van der Waals surface area (Å²) in [6.07, 6.45) is 5.08. The minimum Gasteiger partial charge on any atom is -0.365 e. The number of hydrogen-bond acceptors (Lipinski definition) is 4. The lowest BCUT2D eigenvalue weighted by molar-refractivity contribution is -0.142. The number of ether oxygens (including phenoxy) is 1. The third-order valence-electron chi connectivity index (χ3n) is 3.84. The molecule has 0 aromatic heterocycles. The molecule has 0 radical (unpaired) electrons. The lowest BCUT2D eigenvalue weighted by atomic mass is 9.85. The summed E-state index contributed by atoms with van der Waals surface area (Å²) in [5.41, 5.74) is 5.41. The largest absolute Gasteiger partial charge is 0.365 e. The Morgan fingerprint density at radius 2 is 1.71 bits per heavy atom. The topological polar surface area (TPSA) is 72.6 Å². The van der Waals surface area contributed by atoms with Crippen molar-refractivity contribution in [3.8, 4) is 0 Å². The van der Waals surface area contributed by atoms with Crippen molar-refractivity contribution >= 4 is 11.8 Å². The van der Waals surface area contributed by atoms with Crippen molar-refractivity contribution in [2.45, 2.75) is 25.0 Å². The van der Waals surface area contributed by atoms with Crippen molar-refractivity contribution in [2.75, 3.05) is 13.1 Å². The Hall–Kier alpha value is -1.20. The second-order valence-electron chi connectivity index (χ2n) is 4.83. The minimum atomic E-state index is -0.268. The van der Waals surface area contributed by atoms with Crippen LogP contribution in [-0.2, 0) is 14.3 Å². The Kier molecular flexibility index (Phi) is 2.52. The molecule has 92 valence electrons. The van der Waals surface area contributed by atoms with Gasteiger partial charge in [0.05, 0.1) is 24.0 Å². The van der Waals surface area contributed by atoms with Gasteiger partial charge in [-0.25, -0.2) is 0 Å². The number of nitrogens with two attached hydrogens (primary N) is 1. The van der Waals surface area contributed by atoms with Crippen LogP contribution in [0, 0.1) is 11.8 Å². The number of carbonyl (C=O) groups excluding carboxylic acids is 2. The molecule has 5 heteroatoms. The summed E-state index contributed by atoms with van der Waals surface area (Å²) < 4.78 is 5.55. The van der Waals surface area contributed by atoms with Crippen molar-refractivity contribution in [1.82, 2.24) is 4.90 Å². The lowest BCUT2D eigenvalue weighted by Crippen LogP contribution is -2.35. The highest BCUT2D eigenvalue weighted by Gasteiger charge is 2.60. The SMILES string of the molecule is NCCCCN1C(=O)[C@@H]2[C@@H](C1=O)[C@H]1C=C[C@H]2O1. The standard InChI is InChI=1S/C12H16N2O3/c13-5-1-2-6-14-11(15)9-7-3-4-8(17-7)10(9)12(14)16/h3-4,7-10H,1-2,5-6,13H2/t7-,8-,9+,10+/m1/s1. The molecule has 3 heterocycles. The highest BCUT2D eigenvalue weighted by Crippen LogP contribution is 2.44. The molecule has 4 atom stereocenters. The fraction of sp³-hybridized carbons (Fsp3) is 0.667. The quantitative estimate of drug-likeness (QED) is 0.412. The molecule has 17 heavy (non-hydrogen) atoms. The van der Waals surface area contributed by atoms with E-state index in [9.17, 15) is 9.59 Å². The number of likely N-dealkylation sites (tertiary alicyclic amines) is 1. The molecule has 3 aliphatic heterocycles. The van der Waals surface area contributed by atoms with Crippen LogP contribution in [0.2, 0.25) is 0 Å². The van der Waals surface area contributed by atoms with Gasteiger partial charge in [0.1, 0.15) is 0 Å². The second kappa shape index (κ2) is 3.92. The van der Waals surface area contributed by atoms with Crippen molar-refractivity contribution in [1.29, 1.82) is 0 Å². The molecule has 2 N–H and O–H groups in total. The Balaban J connectivity index is 1.74. The number of amides is 2. The molecule has 0 unspecified atom stereocenters. The van der Waals surface area contributed by atoms with Gasteiger partial charge in [-0.3, -0.25) is 14.5 Å². The van der Waals surface area contributed by atoms with Crippen LogP contribution in [-0.4, -0.2) is 42.0 Å². The molecule has 0 aromatic carbocycles. The zero-order valence-electron chi connectivity index (χ0n) is 9.54. The molecular weight excluding hydrogens is 220 g/mol. The van der Waals surface area contributed by atoms with Crippen LogP contribution in [0.3, 0.4) is 0 Å². The molecule has 0 spiro atoms. The van der Waals surface area contributed by atoms with Crippen LogP contribution in [0.4, 0.5) is 0 Å². The van der Waals surface area contributed by atoms with E-state index in [1.165, 1.54) is 4.90 Å². The number of nitrogens with zero attached hydrogens (tertiary/aromatic N) is 1. The van der Waals surface area contributed by atoms with Gasteiger partial charge in [0, 0.05) is 6.54 Å². The summed E-state index contributed by atoms with van der Waals surface area (Å²) in [5.74, 6) is -0.659. The molecular formula is C12H16N2O3. The molecule has 5 nitrogen and oxygen atoms in total. The van der Waals surface area contributed by atoms with Gasteiger partial charge in [-0.05, 0) is 19.4 Å². The Morgan fingerprint density at radius 1 is 1.12 bits per heavy atom. The average Bonchev–Trinajstić information content (AvgIpc) is 2.97. The highest BCUT2D eigenvalue weighted by atomic mass is 16.5. The summed E-state index contributed by atoms with van der Waals surface area (Å²) in [6, 6.07) is 0. The van der Waals surface area contributed by atoms with Gasteiger partial charge in [-0.1, -0.05) is 12.2 Å². The molecule has 0 aromatic rings. The van der Waals surface area contributed by atoms with Crippen LogP contribution in [0.25, 0.3) is 0 Å². The monoisotopic (exact) mass is 236 g/mol. The smallest absolute Gasteiger partial charge is 0.236 e. The third-order valence-corrected chi connectivity index (χ3v) is 3.84. The first-order chi connectivity index (χ1) is 8.24. The van der Waals surface area contributed by atoms with E-state index in [2.05, 4.69) is 0 Å². The summed E-state index contributed by atoms with van der Waals surface area (Å²) in [6.45, 7) is 1.10. The first kappa shape index (κ1) is 10.9. The zero-order valence-corrected chi connectivity index (χ0v) is 9.54. The summed E-state index contributed by atoms with van der Waals surface area (Å²) in [4.78, 5) is 25.7. The van der Waals surface area contributed by atoms with Crippen LogP contribution in [0.1, 0.15) is 12.8 Å². The van der Waals surface area contributed by atoms with E-state index >= 15 is 0 Å². The summed E-state index contributed by atoms with van der Waals surface area (Å²) in [5, 5.41) is 0. The van der Waals surface area contributed by atoms with Crippen molar-refractivity contribution < 1.29 is 14.3 Å². The van der Waals surface area contributed by atoms with Crippen molar-refractivity contribution in [3.63, 3.8) is 0 Å². The normalized spacial score (nSPS) is 38.3. The summed E-state index contributed by atoms with van der Waals surface area (Å²) in [7, 11) is 0. The van der Waals surface area contributed by atoms with Gasteiger partial charge in [0.2, 0.25) is 11.8 Å². The average molecular weight is 236 g/mol. The van der Waals surface area contributed by atoms with Crippen LogP contribution in [0.15, 0.2) is 12.2 Å². The molecule has 0 aliphatic carbocycles. The van der Waals surface area contributed by atoms with E-state index in [4.69, 9.17) is 10.5 Å². The van der Waals surface area contributed by atoms with Crippen LogP contribution in [0.5, 0.6) is 0 Å². The summed E-state index contributed by atoms with van der Waals surface area (Å²) >= 11 is 0. The first-order valence-electron chi connectivity index (χ1n) is 6.13. The maximum atomic E-state index is 12.1. The molecule has 2 bridgehead atoms. The van der Waals surface area contributed by atoms with Gasteiger partial charge >= 0.3 is 0 Å². The predicted molar refractivity (Wildman–Crippen MR) is 59.8 cm³/mol. The molecule has 2 amide bonds. The van der Waals surface area contributed by atoms with Crippen molar-refractivity contribution in [2.24, 2.45) is 17.6 Å². The molecule has 3 rings (SSSR count). The number of rotatable bonds is 4. The number of hydrogen-bond donors (Lipinski definition) is 1. The molecule has 2 fully saturated rings. The number of carbonyl (C=O) groups is 2.